The van der Waals surface area contributed by atoms with Gasteiger partial charge in [0.25, 0.3) is 0 Å². The molecule has 6 nitrogen and oxygen atoms in total. The number of ether oxygens (including phenoxy) is 1. The largest absolute Gasteiger partial charge is 0.487 e. The summed E-state index contributed by atoms with van der Waals surface area (Å²) in [5, 5.41) is 21.5. The Morgan fingerprint density at radius 1 is 1.14 bits per heavy atom. The van der Waals surface area contributed by atoms with Crippen LogP contribution in [0.15, 0.2) is 66.9 Å². The molecular weight excluding hydrogens is 488 g/mol. The standard InChI is InChI=1S/C30H33ClN2O4/c1-3-30(36,22-10-12-23(31)13-11-22)15-18-33(4-2)17-6-8-24-25-7-5-16-32-27(25)20-37-28-14-9-21(29(34)35)19-26(24)28/h5,7-14,16,19,36H,3-4,6,15,17-18,20H2,1-2H3,(H,34,35)/b24-8+. The Kier molecular flexibility index (Phi) is 8.64. The van der Waals surface area contributed by atoms with Crippen molar-refractivity contribution < 1.29 is 19.7 Å². The molecule has 1 aliphatic rings. The molecule has 0 amide bonds. The number of hydrogen-bond acceptors (Lipinski definition) is 5. The summed E-state index contributed by atoms with van der Waals surface area (Å²) in [4.78, 5) is 18.5. The predicted molar refractivity (Wildman–Crippen MR) is 146 cm³/mol. The minimum Gasteiger partial charge on any atom is -0.487 e. The molecule has 0 aliphatic carbocycles. The van der Waals surface area contributed by atoms with Crippen LogP contribution < -0.4 is 4.74 Å². The summed E-state index contributed by atoms with van der Waals surface area (Å²) in [6.45, 7) is 6.84. The number of pyridine rings is 1. The highest BCUT2D eigenvalue weighted by atomic mass is 35.5. The van der Waals surface area contributed by atoms with Crippen LogP contribution in [0.4, 0.5) is 0 Å². The first kappa shape index (κ1) is 26.9. The summed E-state index contributed by atoms with van der Waals surface area (Å²) in [7, 11) is 0. The molecule has 37 heavy (non-hydrogen) atoms. The zero-order valence-corrected chi connectivity index (χ0v) is 22.0. The van der Waals surface area contributed by atoms with Crippen molar-refractivity contribution in [1.82, 2.24) is 9.88 Å². The maximum Gasteiger partial charge on any atom is 0.335 e. The fourth-order valence-corrected chi connectivity index (χ4v) is 4.88. The molecule has 0 bridgehead atoms. The number of carboxylic acid groups (broad SMARTS) is 1. The summed E-state index contributed by atoms with van der Waals surface area (Å²) < 4.78 is 5.98. The van der Waals surface area contributed by atoms with Gasteiger partial charge in [0.1, 0.15) is 12.4 Å². The maximum absolute atomic E-state index is 11.7. The van der Waals surface area contributed by atoms with Crippen LogP contribution in [0.3, 0.4) is 0 Å². The fraction of sp³-hybridized carbons (Fsp3) is 0.333. The van der Waals surface area contributed by atoms with E-state index in [2.05, 4.69) is 22.9 Å². The second-order valence-corrected chi connectivity index (χ2v) is 9.72. The maximum atomic E-state index is 11.7. The first-order valence-electron chi connectivity index (χ1n) is 12.7. The summed E-state index contributed by atoms with van der Waals surface area (Å²) in [6.07, 6.45) is 5.86. The third kappa shape index (κ3) is 6.21. The Hall–Kier alpha value is -3.19. The van der Waals surface area contributed by atoms with Crippen LogP contribution in [0.1, 0.15) is 65.9 Å². The van der Waals surface area contributed by atoms with Crippen molar-refractivity contribution in [2.75, 3.05) is 19.6 Å². The number of benzene rings is 2. The Balaban J connectivity index is 1.53. The number of aromatic nitrogens is 1. The zero-order valence-electron chi connectivity index (χ0n) is 21.3. The molecule has 0 fully saturated rings. The van der Waals surface area contributed by atoms with Crippen LogP contribution in [0.2, 0.25) is 5.02 Å². The lowest BCUT2D eigenvalue weighted by Crippen LogP contribution is -2.33. The van der Waals surface area contributed by atoms with Gasteiger partial charge in [-0.3, -0.25) is 4.98 Å². The van der Waals surface area contributed by atoms with Gasteiger partial charge in [0.2, 0.25) is 0 Å². The highest BCUT2D eigenvalue weighted by Gasteiger charge is 2.27. The second kappa shape index (κ2) is 11.9. The number of carboxylic acids is 1. The van der Waals surface area contributed by atoms with Crippen molar-refractivity contribution in [2.45, 2.75) is 45.3 Å². The van der Waals surface area contributed by atoms with Gasteiger partial charge in [0.05, 0.1) is 16.9 Å². The first-order chi connectivity index (χ1) is 17.8. The van der Waals surface area contributed by atoms with Crippen LogP contribution in [0.25, 0.3) is 5.57 Å². The van der Waals surface area contributed by atoms with Gasteiger partial charge in [-0.2, -0.15) is 0 Å². The van der Waals surface area contributed by atoms with E-state index >= 15 is 0 Å². The Bertz CT molecular complexity index is 1270. The third-order valence-electron chi connectivity index (χ3n) is 7.11. The van der Waals surface area contributed by atoms with Crippen molar-refractivity contribution in [3.63, 3.8) is 0 Å². The molecular formula is C30H33ClN2O4. The van der Waals surface area contributed by atoms with Gasteiger partial charge < -0.3 is 19.8 Å². The molecule has 0 spiro atoms. The predicted octanol–water partition coefficient (Wildman–Crippen LogP) is 6.16. The van der Waals surface area contributed by atoms with Gasteiger partial charge >= 0.3 is 5.97 Å². The van der Waals surface area contributed by atoms with Gasteiger partial charge in [-0.25, -0.2) is 4.79 Å². The van der Waals surface area contributed by atoms with Crippen LogP contribution in [-0.4, -0.2) is 45.7 Å². The SMILES string of the molecule is CCN(CC/C=C1/c2cc(C(=O)O)ccc2OCc2ncccc21)CCC(O)(CC)c1ccc(Cl)cc1. The van der Waals surface area contributed by atoms with Crippen molar-refractivity contribution in [3.8, 4) is 5.75 Å². The van der Waals surface area contributed by atoms with Gasteiger partial charge in [0, 0.05) is 35.4 Å². The average molecular weight is 521 g/mol. The van der Waals surface area contributed by atoms with E-state index in [9.17, 15) is 15.0 Å². The van der Waals surface area contributed by atoms with E-state index < -0.39 is 11.6 Å². The van der Waals surface area contributed by atoms with Crippen LogP contribution >= 0.6 is 11.6 Å². The Morgan fingerprint density at radius 2 is 1.92 bits per heavy atom. The lowest BCUT2D eigenvalue weighted by Gasteiger charge is -2.30. The van der Waals surface area contributed by atoms with Gasteiger partial charge in [0.15, 0.2) is 0 Å². The molecule has 1 atom stereocenters. The fourth-order valence-electron chi connectivity index (χ4n) is 4.76. The lowest BCUT2D eigenvalue weighted by molar-refractivity contribution is 0.0138. The zero-order chi connectivity index (χ0) is 26.4. The topological polar surface area (TPSA) is 82.9 Å². The number of rotatable bonds is 10. The molecule has 0 saturated carbocycles. The molecule has 0 radical (unpaired) electrons. The van der Waals surface area contributed by atoms with E-state index in [1.807, 2.05) is 43.3 Å². The quantitative estimate of drug-likeness (QED) is 0.333. The summed E-state index contributed by atoms with van der Waals surface area (Å²) >= 11 is 6.04. The lowest BCUT2D eigenvalue weighted by atomic mass is 9.87. The van der Waals surface area contributed by atoms with E-state index in [1.165, 1.54) is 0 Å². The molecule has 1 aliphatic heterocycles. The molecule has 3 aromatic rings. The summed E-state index contributed by atoms with van der Waals surface area (Å²) in [6, 6.07) is 16.3. The second-order valence-electron chi connectivity index (χ2n) is 9.29. The van der Waals surface area contributed by atoms with Crippen molar-refractivity contribution in [2.24, 2.45) is 0 Å². The monoisotopic (exact) mass is 520 g/mol. The number of aromatic carboxylic acids is 1. The van der Waals surface area contributed by atoms with Gasteiger partial charge in [-0.1, -0.05) is 49.7 Å². The smallest absolute Gasteiger partial charge is 0.335 e. The number of hydrogen-bond donors (Lipinski definition) is 2. The highest BCUT2D eigenvalue weighted by Crippen LogP contribution is 2.37. The van der Waals surface area contributed by atoms with Crippen molar-refractivity contribution >= 4 is 23.1 Å². The van der Waals surface area contributed by atoms with E-state index in [1.54, 1.807) is 24.4 Å². The van der Waals surface area contributed by atoms with Crippen LogP contribution in [0.5, 0.6) is 5.75 Å². The molecule has 1 unspecified atom stereocenters. The molecule has 1 aromatic heterocycles. The molecule has 194 valence electrons. The van der Waals surface area contributed by atoms with Crippen LogP contribution in [-0.2, 0) is 12.2 Å². The summed E-state index contributed by atoms with van der Waals surface area (Å²) in [5.41, 5.74) is 3.66. The number of aliphatic hydroxyl groups is 1. The first-order valence-corrected chi connectivity index (χ1v) is 13.1. The van der Waals surface area contributed by atoms with E-state index in [4.69, 9.17) is 16.3 Å². The van der Waals surface area contributed by atoms with Crippen molar-refractivity contribution in [1.29, 1.82) is 0 Å². The molecule has 2 N–H and O–H groups in total. The van der Waals surface area contributed by atoms with Crippen molar-refractivity contribution in [3.05, 3.63) is 99.8 Å². The Morgan fingerprint density at radius 3 is 2.62 bits per heavy atom. The number of fused-ring (bicyclic) bond motifs is 2. The number of halogens is 1. The number of carbonyl (C=O) groups is 1. The van der Waals surface area contributed by atoms with E-state index in [-0.39, 0.29) is 5.56 Å². The molecule has 2 heterocycles. The minimum absolute atomic E-state index is 0.219. The summed E-state index contributed by atoms with van der Waals surface area (Å²) in [5.74, 6) is -0.323. The molecule has 4 rings (SSSR count). The molecule has 2 aromatic carbocycles. The average Bonchev–Trinajstić information content (AvgIpc) is 3.07. The third-order valence-corrected chi connectivity index (χ3v) is 7.36. The van der Waals surface area contributed by atoms with E-state index in [0.717, 1.165) is 54.0 Å². The van der Waals surface area contributed by atoms with Crippen LogP contribution in [0, 0.1) is 0 Å². The molecule has 7 heteroatoms. The normalized spacial score (nSPS) is 15.4. The Labute approximate surface area is 223 Å². The van der Waals surface area contributed by atoms with Gasteiger partial charge in [-0.05, 0) is 73.3 Å². The minimum atomic E-state index is -0.973. The van der Waals surface area contributed by atoms with Gasteiger partial charge in [-0.15, -0.1) is 0 Å². The van der Waals surface area contributed by atoms with E-state index in [0.29, 0.717) is 30.2 Å². The molecule has 0 saturated heterocycles. The number of nitrogens with zero attached hydrogens (tertiary/aromatic N) is 2. The highest BCUT2D eigenvalue weighted by molar-refractivity contribution is 6.30.